The summed E-state index contributed by atoms with van der Waals surface area (Å²) >= 11 is 0. The van der Waals surface area contributed by atoms with Crippen LogP contribution in [0.25, 0.3) is 0 Å². The summed E-state index contributed by atoms with van der Waals surface area (Å²) in [5, 5.41) is 21.0. The molecular formula is C22H31N5O4. The van der Waals surface area contributed by atoms with E-state index in [0.717, 1.165) is 11.3 Å². The van der Waals surface area contributed by atoms with Crippen LogP contribution < -0.4 is 10.1 Å². The van der Waals surface area contributed by atoms with Crippen LogP contribution in [0, 0.1) is 12.3 Å². The standard InChI is InChI=1S/C22H31N5O4/c1-14-7-6-8-17(9-14)31-13-15-11-27(25-24-15)19(22(2,3)4)21(30)26-12-16(28)10-18(26)20(29)23-5/h6-9,11,16,18-19,28H,10,12-13H2,1-5H3,(H,23,29)/t16-,18+,19-/m1/s1. The van der Waals surface area contributed by atoms with Gasteiger partial charge in [-0.2, -0.15) is 0 Å². The smallest absolute Gasteiger partial charge is 0.248 e. The van der Waals surface area contributed by atoms with Gasteiger partial charge in [-0.25, -0.2) is 4.68 Å². The molecule has 1 aromatic carbocycles. The minimum absolute atomic E-state index is 0.113. The lowest BCUT2D eigenvalue weighted by Gasteiger charge is -2.34. The van der Waals surface area contributed by atoms with Gasteiger partial charge in [0.05, 0.1) is 12.3 Å². The summed E-state index contributed by atoms with van der Waals surface area (Å²) in [4.78, 5) is 27.2. The van der Waals surface area contributed by atoms with Crippen LogP contribution in [0.4, 0.5) is 0 Å². The normalized spacial score (nSPS) is 19.9. The number of likely N-dealkylation sites (tertiary alicyclic amines) is 1. The molecule has 0 spiro atoms. The number of carbonyl (C=O) groups excluding carboxylic acids is 2. The van der Waals surface area contributed by atoms with Gasteiger partial charge in [0, 0.05) is 20.0 Å². The second-order valence-corrected chi connectivity index (χ2v) is 9.07. The second-order valence-electron chi connectivity index (χ2n) is 9.07. The molecule has 0 bridgehead atoms. The average Bonchev–Trinajstić information content (AvgIpc) is 3.31. The third-order valence-electron chi connectivity index (χ3n) is 5.36. The fourth-order valence-corrected chi connectivity index (χ4v) is 3.88. The van der Waals surface area contributed by atoms with E-state index in [1.165, 1.54) is 16.6 Å². The van der Waals surface area contributed by atoms with Gasteiger partial charge in [-0.05, 0) is 30.0 Å². The molecular weight excluding hydrogens is 398 g/mol. The Balaban J connectivity index is 1.80. The summed E-state index contributed by atoms with van der Waals surface area (Å²) < 4.78 is 7.32. The minimum Gasteiger partial charge on any atom is -0.487 e. The van der Waals surface area contributed by atoms with Crippen molar-refractivity contribution in [2.24, 2.45) is 5.41 Å². The van der Waals surface area contributed by atoms with Gasteiger partial charge in [0.15, 0.2) is 0 Å². The van der Waals surface area contributed by atoms with Crippen molar-refractivity contribution in [3.05, 3.63) is 41.7 Å². The van der Waals surface area contributed by atoms with Crippen molar-refractivity contribution in [3.8, 4) is 5.75 Å². The van der Waals surface area contributed by atoms with Crippen LogP contribution in [-0.2, 0) is 16.2 Å². The molecule has 1 fully saturated rings. The molecule has 2 aromatic rings. The van der Waals surface area contributed by atoms with Crippen molar-refractivity contribution < 1.29 is 19.4 Å². The fourth-order valence-electron chi connectivity index (χ4n) is 3.88. The van der Waals surface area contributed by atoms with Gasteiger partial charge >= 0.3 is 0 Å². The molecule has 9 heteroatoms. The molecule has 3 atom stereocenters. The zero-order chi connectivity index (χ0) is 22.8. The molecule has 0 unspecified atom stereocenters. The van der Waals surface area contributed by atoms with E-state index in [2.05, 4.69) is 15.6 Å². The number of β-amino-alcohol motifs (C(OH)–C–C–N with tert-alkyl or cyclic N) is 1. The Morgan fingerprint density at radius 3 is 2.74 bits per heavy atom. The highest BCUT2D eigenvalue weighted by atomic mass is 16.5. The highest BCUT2D eigenvalue weighted by molar-refractivity contribution is 5.90. The monoisotopic (exact) mass is 429 g/mol. The van der Waals surface area contributed by atoms with E-state index < -0.39 is 23.6 Å². The van der Waals surface area contributed by atoms with Crippen LogP contribution in [0.5, 0.6) is 5.75 Å². The van der Waals surface area contributed by atoms with Crippen molar-refractivity contribution in [3.63, 3.8) is 0 Å². The highest BCUT2D eigenvalue weighted by Gasteiger charge is 2.44. The second kappa shape index (κ2) is 9.05. The summed E-state index contributed by atoms with van der Waals surface area (Å²) in [6.07, 6.45) is 1.18. The Morgan fingerprint density at radius 1 is 1.35 bits per heavy atom. The Labute approximate surface area is 182 Å². The third kappa shape index (κ3) is 5.22. The van der Waals surface area contributed by atoms with Gasteiger partial charge in [-0.15, -0.1) is 5.10 Å². The number of aliphatic hydroxyl groups is 1. The molecule has 1 aliphatic rings. The van der Waals surface area contributed by atoms with E-state index in [1.54, 1.807) is 6.20 Å². The molecule has 1 saturated heterocycles. The number of aromatic nitrogens is 3. The Kier molecular flexibility index (Phi) is 6.64. The first kappa shape index (κ1) is 22.7. The highest BCUT2D eigenvalue weighted by Crippen LogP contribution is 2.34. The maximum absolute atomic E-state index is 13.5. The number of hydrogen-bond acceptors (Lipinski definition) is 6. The molecule has 0 radical (unpaired) electrons. The van der Waals surface area contributed by atoms with Crippen LogP contribution in [0.2, 0.25) is 0 Å². The van der Waals surface area contributed by atoms with Gasteiger partial charge in [-0.3, -0.25) is 9.59 Å². The molecule has 0 saturated carbocycles. The number of carbonyl (C=O) groups is 2. The van der Waals surface area contributed by atoms with E-state index >= 15 is 0 Å². The lowest BCUT2D eigenvalue weighted by atomic mass is 9.85. The van der Waals surface area contributed by atoms with E-state index in [9.17, 15) is 14.7 Å². The topological polar surface area (TPSA) is 110 Å². The van der Waals surface area contributed by atoms with E-state index in [-0.39, 0.29) is 31.4 Å². The molecule has 168 valence electrons. The number of nitrogens with zero attached hydrogens (tertiary/aromatic N) is 4. The first-order chi connectivity index (χ1) is 14.6. The molecule has 1 aliphatic heterocycles. The number of aliphatic hydroxyl groups excluding tert-OH is 1. The number of hydrogen-bond donors (Lipinski definition) is 2. The maximum Gasteiger partial charge on any atom is 0.248 e. The lowest BCUT2D eigenvalue weighted by molar-refractivity contribution is -0.144. The predicted molar refractivity (Wildman–Crippen MR) is 114 cm³/mol. The third-order valence-corrected chi connectivity index (χ3v) is 5.36. The molecule has 2 N–H and O–H groups in total. The molecule has 2 heterocycles. The molecule has 2 amide bonds. The molecule has 1 aromatic heterocycles. The number of ether oxygens (including phenoxy) is 1. The Morgan fingerprint density at radius 2 is 2.10 bits per heavy atom. The van der Waals surface area contributed by atoms with Crippen LogP contribution in [0.1, 0.15) is 44.5 Å². The minimum atomic E-state index is -0.735. The molecule has 3 rings (SSSR count). The number of likely N-dealkylation sites (N-methyl/N-ethyl adjacent to an activating group) is 1. The SMILES string of the molecule is CNC(=O)[C@@H]1C[C@@H](O)CN1C(=O)[C@@H](n1cc(COc2cccc(C)c2)nn1)C(C)(C)C. The van der Waals surface area contributed by atoms with E-state index in [0.29, 0.717) is 5.69 Å². The van der Waals surface area contributed by atoms with Gasteiger partial charge in [0.2, 0.25) is 11.8 Å². The molecule has 31 heavy (non-hydrogen) atoms. The number of nitrogens with one attached hydrogen (secondary N) is 1. The summed E-state index contributed by atoms with van der Waals surface area (Å²) in [5.74, 6) is 0.176. The molecule has 9 nitrogen and oxygen atoms in total. The van der Waals surface area contributed by atoms with Crippen LogP contribution in [0.15, 0.2) is 30.5 Å². The lowest BCUT2D eigenvalue weighted by Crippen LogP contribution is -2.49. The van der Waals surface area contributed by atoms with Gasteiger partial charge in [-0.1, -0.05) is 38.1 Å². The maximum atomic E-state index is 13.5. The Bertz CT molecular complexity index is 936. The van der Waals surface area contributed by atoms with Gasteiger partial charge < -0.3 is 20.1 Å². The largest absolute Gasteiger partial charge is 0.487 e. The van der Waals surface area contributed by atoms with Crippen molar-refractivity contribution >= 4 is 11.8 Å². The van der Waals surface area contributed by atoms with E-state index in [1.807, 2.05) is 52.0 Å². The van der Waals surface area contributed by atoms with Crippen molar-refractivity contribution in [2.75, 3.05) is 13.6 Å². The first-order valence-electron chi connectivity index (χ1n) is 10.4. The van der Waals surface area contributed by atoms with E-state index in [4.69, 9.17) is 4.74 Å². The fraction of sp³-hybridized carbons (Fsp3) is 0.545. The summed E-state index contributed by atoms with van der Waals surface area (Å²) in [5.41, 5.74) is 1.19. The van der Waals surface area contributed by atoms with Gasteiger partial charge in [0.25, 0.3) is 0 Å². The predicted octanol–water partition coefficient (Wildman–Crippen LogP) is 1.46. The summed E-state index contributed by atoms with van der Waals surface area (Å²) in [6, 6.07) is 6.32. The molecule has 0 aliphatic carbocycles. The number of amides is 2. The number of rotatable bonds is 6. The Hall–Kier alpha value is -2.94. The number of benzene rings is 1. The van der Waals surface area contributed by atoms with Crippen molar-refractivity contribution in [1.82, 2.24) is 25.2 Å². The average molecular weight is 430 g/mol. The zero-order valence-electron chi connectivity index (χ0n) is 18.7. The number of aryl methyl sites for hydroxylation is 1. The van der Waals surface area contributed by atoms with Gasteiger partial charge in [0.1, 0.15) is 30.1 Å². The first-order valence-corrected chi connectivity index (χ1v) is 10.4. The van der Waals surface area contributed by atoms with Crippen LogP contribution in [0.3, 0.4) is 0 Å². The quantitative estimate of drug-likeness (QED) is 0.720. The van der Waals surface area contributed by atoms with Crippen LogP contribution >= 0.6 is 0 Å². The van der Waals surface area contributed by atoms with Crippen LogP contribution in [-0.4, -0.2) is 62.6 Å². The van der Waals surface area contributed by atoms with Crippen molar-refractivity contribution in [1.29, 1.82) is 0 Å². The van der Waals surface area contributed by atoms with Crippen molar-refractivity contribution in [2.45, 2.75) is 58.9 Å². The summed E-state index contributed by atoms with van der Waals surface area (Å²) in [7, 11) is 1.52. The zero-order valence-corrected chi connectivity index (χ0v) is 18.7. The summed E-state index contributed by atoms with van der Waals surface area (Å²) in [6.45, 7) is 8.12.